The third kappa shape index (κ3) is 0.658. The number of imidazole rings is 1. The summed E-state index contributed by atoms with van der Waals surface area (Å²) in [7, 11) is 1.54. The summed E-state index contributed by atoms with van der Waals surface area (Å²) in [5.41, 5.74) is 6.08. The molecule has 2 N–H and O–H groups in total. The van der Waals surface area contributed by atoms with Gasteiger partial charge in [0.05, 0.1) is 0 Å². The molecule has 0 aromatic carbocycles. The number of aromatic nitrogens is 4. The molecule has 0 aliphatic carbocycles. The Labute approximate surface area is 62.1 Å². The lowest BCUT2D eigenvalue weighted by molar-refractivity contribution is 0.122. The Bertz CT molecular complexity index is 375. The van der Waals surface area contributed by atoms with Gasteiger partial charge in [-0.05, 0) is 0 Å². The van der Waals surface area contributed by atoms with Gasteiger partial charge in [-0.2, -0.15) is 4.52 Å². The molecule has 2 rings (SSSR count). The lowest BCUT2D eigenvalue weighted by Gasteiger charge is -1.97. The molecule has 0 saturated carbocycles. The van der Waals surface area contributed by atoms with E-state index >= 15 is 0 Å². The van der Waals surface area contributed by atoms with Crippen LogP contribution in [0.3, 0.4) is 0 Å². The standard InChI is InChI=1S/C5H7N5O/c1-11-10-3-8-5-4(6)7-2-9(5)10/h2-3H,6H2,1H3. The van der Waals surface area contributed by atoms with Crippen molar-refractivity contribution in [1.29, 1.82) is 0 Å². The van der Waals surface area contributed by atoms with Crippen molar-refractivity contribution >= 4 is 11.5 Å². The highest BCUT2D eigenvalue weighted by Crippen LogP contribution is 2.06. The van der Waals surface area contributed by atoms with E-state index in [9.17, 15) is 0 Å². The van der Waals surface area contributed by atoms with E-state index < -0.39 is 0 Å². The van der Waals surface area contributed by atoms with Crippen LogP contribution in [0.5, 0.6) is 0 Å². The Kier molecular flexibility index (Phi) is 1.03. The van der Waals surface area contributed by atoms with Gasteiger partial charge in [-0.15, -0.1) is 4.85 Å². The molecule has 0 aliphatic heterocycles. The van der Waals surface area contributed by atoms with E-state index in [4.69, 9.17) is 10.6 Å². The fraction of sp³-hybridized carbons (Fsp3) is 0.200. The molecule has 0 aliphatic rings. The fourth-order valence-electron chi connectivity index (χ4n) is 0.911. The van der Waals surface area contributed by atoms with Crippen molar-refractivity contribution in [2.24, 2.45) is 0 Å². The molecule has 0 saturated heterocycles. The van der Waals surface area contributed by atoms with Gasteiger partial charge in [0.25, 0.3) is 0 Å². The molecule has 2 aromatic heterocycles. The summed E-state index contributed by atoms with van der Waals surface area (Å²) < 4.78 is 1.61. The first-order valence-electron chi connectivity index (χ1n) is 3.03. The zero-order valence-corrected chi connectivity index (χ0v) is 5.93. The van der Waals surface area contributed by atoms with E-state index in [2.05, 4.69) is 9.97 Å². The van der Waals surface area contributed by atoms with Crippen LogP contribution in [0, 0.1) is 0 Å². The molecule has 6 nitrogen and oxygen atoms in total. The predicted octanol–water partition coefficient (Wildman–Crippen LogP) is -0.829. The molecular weight excluding hydrogens is 146 g/mol. The molecule has 0 atom stereocenters. The van der Waals surface area contributed by atoms with Gasteiger partial charge in [-0.1, -0.05) is 0 Å². The molecule has 6 heteroatoms. The SMILES string of the molecule is COn1cnc2c(N)ncn21. The molecule has 58 valence electrons. The second-order valence-corrected chi connectivity index (χ2v) is 2.03. The van der Waals surface area contributed by atoms with Crippen molar-refractivity contribution in [3.63, 3.8) is 0 Å². The van der Waals surface area contributed by atoms with Gasteiger partial charge in [0.1, 0.15) is 13.4 Å². The monoisotopic (exact) mass is 153 g/mol. The van der Waals surface area contributed by atoms with Crippen molar-refractivity contribution in [2.75, 3.05) is 12.8 Å². The molecule has 0 radical (unpaired) electrons. The maximum Gasteiger partial charge on any atom is 0.200 e. The summed E-state index contributed by atoms with van der Waals surface area (Å²) >= 11 is 0. The van der Waals surface area contributed by atoms with E-state index in [1.807, 2.05) is 0 Å². The summed E-state index contributed by atoms with van der Waals surface area (Å²) in [5.74, 6) is 0.404. The van der Waals surface area contributed by atoms with Crippen molar-refractivity contribution < 1.29 is 4.84 Å². The molecular formula is C5H7N5O. The Balaban J connectivity index is 2.77. The van der Waals surface area contributed by atoms with Crippen LogP contribution in [0.4, 0.5) is 5.82 Å². The number of nitrogens with zero attached hydrogens (tertiary/aromatic N) is 4. The molecule has 0 bridgehead atoms. The minimum Gasteiger partial charge on any atom is -0.400 e. The molecule has 2 aromatic rings. The number of anilines is 1. The largest absolute Gasteiger partial charge is 0.400 e. The van der Waals surface area contributed by atoms with Gasteiger partial charge in [-0.25, -0.2) is 9.97 Å². The van der Waals surface area contributed by atoms with Gasteiger partial charge in [0, 0.05) is 0 Å². The van der Waals surface area contributed by atoms with Crippen LogP contribution in [0.2, 0.25) is 0 Å². The molecule has 0 unspecified atom stereocenters. The maximum atomic E-state index is 5.48. The lowest BCUT2D eigenvalue weighted by Crippen LogP contribution is -2.09. The van der Waals surface area contributed by atoms with Gasteiger partial charge >= 0.3 is 0 Å². The van der Waals surface area contributed by atoms with E-state index in [1.165, 1.54) is 18.3 Å². The lowest BCUT2D eigenvalue weighted by atomic mass is 10.7. The third-order valence-electron chi connectivity index (χ3n) is 1.43. The first-order valence-corrected chi connectivity index (χ1v) is 3.03. The number of hydrogen-bond acceptors (Lipinski definition) is 4. The van der Waals surface area contributed by atoms with E-state index in [0.29, 0.717) is 11.5 Å². The summed E-state index contributed by atoms with van der Waals surface area (Å²) in [4.78, 5) is 14.1. The Morgan fingerprint density at radius 2 is 2.27 bits per heavy atom. The number of nitrogens with two attached hydrogens (primary N) is 1. The Morgan fingerprint density at radius 1 is 1.45 bits per heavy atom. The topological polar surface area (TPSA) is 70.4 Å². The quantitative estimate of drug-likeness (QED) is 0.580. The van der Waals surface area contributed by atoms with Gasteiger partial charge in [0.2, 0.25) is 5.65 Å². The summed E-state index contributed by atoms with van der Waals surface area (Å²) in [6.45, 7) is 0. The first-order chi connectivity index (χ1) is 5.33. The molecule has 11 heavy (non-hydrogen) atoms. The minimum absolute atomic E-state index is 0.404. The highest BCUT2D eigenvalue weighted by atomic mass is 16.7. The predicted molar refractivity (Wildman–Crippen MR) is 37.9 cm³/mol. The van der Waals surface area contributed by atoms with Crippen molar-refractivity contribution in [3.8, 4) is 0 Å². The Hall–Kier alpha value is -1.72. The molecule has 0 amide bonds. The normalized spacial score (nSPS) is 10.6. The highest BCUT2D eigenvalue weighted by molar-refractivity contribution is 5.58. The highest BCUT2D eigenvalue weighted by Gasteiger charge is 2.04. The van der Waals surface area contributed by atoms with Crippen LogP contribution in [0.1, 0.15) is 0 Å². The molecule has 0 spiro atoms. The zero-order chi connectivity index (χ0) is 7.84. The summed E-state index contributed by atoms with van der Waals surface area (Å²) in [6, 6.07) is 0. The number of nitrogen functional groups attached to an aromatic ring is 1. The van der Waals surface area contributed by atoms with Crippen LogP contribution in [0.15, 0.2) is 12.7 Å². The third-order valence-corrected chi connectivity index (χ3v) is 1.43. The maximum absolute atomic E-state index is 5.48. The van der Waals surface area contributed by atoms with E-state index in [1.54, 1.807) is 10.8 Å². The molecule has 0 fully saturated rings. The zero-order valence-electron chi connectivity index (χ0n) is 5.93. The average molecular weight is 153 g/mol. The number of hydrogen-bond donors (Lipinski definition) is 1. The van der Waals surface area contributed by atoms with Crippen molar-refractivity contribution in [3.05, 3.63) is 12.7 Å². The van der Waals surface area contributed by atoms with Gasteiger partial charge in [-0.3, -0.25) is 0 Å². The van der Waals surface area contributed by atoms with E-state index in [0.717, 1.165) is 0 Å². The number of fused-ring (bicyclic) bond motifs is 1. The van der Waals surface area contributed by atoms with E-state index in [-0.39, 0.29) is 0 Å². The number of rotatable bonds is 1. The van der Waals surface area contributed by atoms with Gasteiger partial charge in [0.15, 0.2) is 12.1 Å². The second kappa shape index (κ2) is 1.88. The van der Waals surface area contributed by atoms with Crippen LogP contribution >= 0.6 is 0 Å². The summed E-state index contributed by atoms with van der Waals surface area (Å²) in [5, 5.41) is 0. The van der Waals surface area contributed by atoms with Gasteiger partial charge < -0.3 is 10.6 Å². The Morgan fingerprint density at radius 3 is 3.00 bits per heavy atom. The fourth-order valence-corrected chi connectivity index (χ4v) is 0.911. The molecule has 2 heterocycles. The minimum atomic E-state index is 0.404. The average Bonchev–Trinajstić information content (AvgIpc) is 2.53. The second-order valence-electron chi connectivity index (χ2n) is 2.03. The van der Waals surface area contributed by atoms with Crippen LogP contribution in [-0.4, -0.2) is 26.4 Å². The van der Waals surface area contributed by atoms with Crippen LogP contribution in [0.25, 0.3) is 5.65 Å². The van der Waals surface area contributed by atoms with Crippen molar-refractivity contribution in [2.45, 2.75) is 0 Å². The van der Waals surface area contributed by atoms with Crippen LogP contribution < -0.4 is 10.6 Å². The first kappa shape index (κ1) is 6.02. The smallest absolute Gasteiger partial charge is 0.200 e. The summed E-state index contributed by atoms with van der Waals surface area (Å²) in [6.07, 6.45) is 3.06. The van der Waals surface area contributed by atoms with Crippen LogP contribution in [-0.2, 0) is 0 Å². The van der Waals surface area contributed by atoms with Crippen molar-refractivity contribution in [1.82, 2.24) is 19.3 Å².